The number of alkyl halides is 1. The van der Waals surface area contributed by atoms with Crippen LogP contribution in [0, 0.1) is 0 Å². The van der Waals surface area contributed by atoms with Crippen LogP contribution in [0.2, 0.25) is 0 Å². The highest BCUT2D eigenvalue weighted by atomic mass is 127. The maximum Gasteiger partial charge on any atom is 0.0165 e. The molecule has 0 spiro atoms. The largest absolute Gasteiger partial charge is 0.302 e. The molecular weight excluding hydrogens is 289 g/mol. The number of hydrogen-bond donors (Lipinski definition) is 0. The van der Waals surface area contributed by atoms with E-state index in [-0.39, 0.29) is 0 Å². The molecule has 1 aliphatic heterocycles. The topological polar surface area (TPSA) is 3.24 Å². The molecule has 0 bridgehead atoms. The van der Waals surface area contributed by atoms with Crippen LogP contribution >= 0.6 is 44.2 Å². The lowest BCUT2D eigenvalue weighted by Gasteiger charge is -2.17. The monoisotopic (exact) mass is 303 g/mol. The van der Waals surface area contributed by atoms with Crippen molar-refractivity contribution in [1.82, 2.24) is 4.90 Å². The Labute approximate surface area is 90.6 Å². The molecule has 0 aromatic heterocycles. The van der Waals surface area contributed by atoms with E-state index in [1.165, 1.54) is 42.0 Å². The van der Waals surface area contributed by atoms with Crippen LogP contribution in [0.25, 0.3) is 0 Å². The van der Waals surface area contributed by atoms with Gasteiger partial charge >= 0.3 is 0 Å². The molecule has 1 heterocycles. The van der Waals surface area contributed by atoms with Gasteiger partial charge in [0.05, 0.1) is 0 Å². The second kappa shape index (κ2) is 6.86. The van der Waals surface area contributed by atoms with Crippen LogP contribution in [0.1, 0.15) is 6.42 Å². The van der Waals surface area contributed by atoms with E-state index in [1.54, 1.807) is 0 Å². The maximum absolute atomic E-state index is 2.59. The molecule has 0 atom stereocenters. The van der Waals surface area contributed by atoms with E-state index >= 15 is 0 Å². The zero-order valence-electron chi connectivity index (χ0n) is 6.59. The molecule has 0 aromatic rings. The van der Waals surface area contributed by atoms with Crippen molar-refractivity contribution in [3.63, 3.8) is 0 Å². The Bertz CT molecular complexity index is 94.4. The highest BCUT2D eigenvalue weighted by Gasteiger charge is 2.07. The van der Waals surface area contributed by atoms with E-state index in [1.807, 2.05) is 21.6 Å². The molecule has 1 aliphatic rings. The van der Waals surface area contributed by atoms with Gasteiger partial charge in [-0.2, -0.15) is 0 Å². The van der Waals surface area contributed by atoms with Gasteiger partial charge in [0.2, 0.25) is 0 Å². The standard InChI is InChI=1S/C7H14INS2/c8-2-1-3-9-4-6-10-11-7-5-9/h1-7H2. The third-order valence-electron chi connectivity index (χ3n) is 1.67. The normalized spacial score (nSPS) is 21.5. The van der Waals surface area contributed by atoms with Crippen LogP contribution in [0.3, 0.4) is 0 Å². The molecule has 1 nitrogen and oxygen atoms in total. The number of hydrogen-bond acceptors (Lipinski definition) is 3. The summed E-state index contributed by atoms with van der Waals surface area (Å²) < 4.78 is 1.30. The second-order valence-corrected chi connectivity index (χ2v) is 6.31. The zero-order chi connectivity index (χ0) is 7.94. The molecule has 1 saturated heterocycles. The first-order valence-corrected chi connectivity index (χ1v) is 7.97. The summed E-state index contributed by atoms with van der Waals surface area (Å²) in [6.07, 6.45) is 1.36. The van der Waals surface area contributed by atoms with Crippen molar-refractivity contribution in [2.24, 2.45) is 0 Å². The Kier molecular flexibility index (Phi) is 6.53. The van der Waals surface area contributed by atoms with Gasteiger partial charge < -0.3 is 4.90 Å². The summed E-state index contributed by atoms with van der Waals surface area (Å²) in [6, 6.07) is 0. The van der Waals surface area contributed by atoms with Gasteiger partial charge in [-0.3, -0.25) is 0 Å². The molecule has 4 heteroatoms. The minimum atomic E-state index is 1.30. The van der Waals surface area contributed by atoms with Crippen LogP contribution < -0.4 is 0 Å². The molecule has 0 radical (unpaired) electrons. The molecule has 1 rings (SSSR count). The van der Waals surface area contributed by atoms with E-state index in [0.29, 0.717) is 0 Å². The maximum atomic E-state index is 2.59. The number of rotatable bonds is 3. The molecule has 66 valence electrons. The van der Waals surface area contributed by atoms with Crippen molar-refractivity contribution < 1.29 is 0 Å². The predicted molar refractivity (Wildman–Crippen MR) is 64.9 cm³/mol. The summed E-state index contributed by atoms with van der Waals surface area (Å²) in [5.41, 5.74) is 0. The molecule has 0 unspecified atom stereocenters. The first-order chi connectivity index (χ1) is 5.43. The van der Waals surface area contributed by atoms with E-state index < -0.39 is 0 Å². The van der Waals surface area contributed by atoms with Crippen LogP contribution in [-0.2, 0) is 0 Å². The Morgan fingerprint density at radius 3 is 2.36 bits per heavy atom. The average Bonchev–Trinajstić information content (AvgIpc) is 2.28. The Balaban J connectivity index is 2.09. The van der Waals surface area contributed by atoms with Gasteiger partial charge in [0, 0.05) is 29.0 Å². The fourth-order valence-electron chi connectivity index (χ4n) is 1.07. The van der Waals surface area contributed by atoms with Crippen LogP contribution in [0.4, 0.5) is 0 Å². The smallest absolute Gasteiger partial charge is 0.0165 e. The summed E-state index contributed by atoms with van der Waals surface area (Å²) in [6.45, 7) is 3.91. The third-order valence-corrected chi connectivity index (χ3v) is 4.80. The Hall–Kier alpha value is 1.39. The molecule has 0 amide bonds. The lowest BCUT2D eigenvalue weighted by Crippen LogP contribution is -2.28. The van der Waals surface area contributed by atoms with Crippen molar-refractivity contribution in [3.05, 3.63) is 0 Å². The minimum absolute atomic E-state index is 1.30. The zero-order valence-corrected chi connectivity index (χ0v) is 10.4. The van der Waals surface area contributed by atoms with Crippen molar-refractivity contribution >= 4 is 44.2 Å². The molecule has 11 heavy (non-hydrogen) atoms. The van der Waals surface area contributed by atoms with Crippen molar-refractivity contribution in [2.75, 3.05) is 35.6 Å². The molecule has 0 aromatic carbocycles. The fraction of sp³-hybridized carbons (Fsp3) is 1.00. The Morgan fingerprint density at radius 2 is 1.82 bits per heavy atom. The molecule has 0 saturated carbocycles. The predicted octanol–water partition coefficient (Wildman–Crippen LogP) is 2.51. The van der Waals surface area contributed by atoms with E-state index in [4.69, 9.17) is 0 Å². The van der Waals surface area contributed by atoms with E-state index in [0.717, 1.165) is 0 Å². The highest BCUT2D eigenvalue weighted by Crippen LogP contribution is 2.23. The first kappa shape index (κ1) is 10.5. The number of halogens is 1. The summed E-state index contributed by atoms with van der Waals surface area (Å²) in [5.74, 6) is 2.62. The van der Waals surface area contributed by atoms with Crippen LogP contribution in [-0.4, -0.2) is 40.5 Å². The van der Waals surface area contributed by atoms with Gasteiger partial charge in [-0.15, -0.1) is 0 Å². The van der Waals surface area contributed by atoms with Crippen molar-refractivity contribution in [3.8, 4) is 0 Å². The quantitative estimate of drug-likeness (QED) is 0.448. The van der Waals surface area contributed by atoms with Gasteiger partial charge in [-0.25, -0.2) is 0 Å². The molecular formula is C7H14INS2. The average molecular weight is 303 g/mol. The van der Waals surface area contributed by atoms with Gasteiger partial charge in [0.15, 0.2) is 0 Å². The first-order valence-electron chi connectivity index (χ1n) is 3.96. The fourth-order valence-corrected chi connectivity index (χ4v) is 3.47. The van der Waals surface area contributed by atoms with Gasteiger partial charge in [0.25, 0.3) is 0 Å². The van der Waals surface area contributed by atoms with Gasteiger partial charge in [-0.05, 0) is 13.0 Å². The molecule has 0 aliphatic carbocycles. The highest BCUT2D eigenvalue weighted by molar-refractivity contribution is 14.1. The van der Waals surface area contributed by atoms with Gasteiger partial charge in [-0.1, -0.05) is 44.2 Å². The summed E-state index contributed by atoms with van der Waals surface area (Å²) in [7, 11) is 4.05. The summed E-state index contributed by atoms with van der Waals surface area (Å²) in [4.78, 5) is 2.59. The van der Waals surface area contributed by atoms with Crippen LogP contribution in [0.5, 0.6) is 0 Å². The SMILES string of the molecule is ICCCN1CCSSCC1. The lowest BCUT2D eigenvalue weighted by atomic mass is 10.4. The molecule has 1 fully saturated rings. The minimum Gasteiger partial charge on any atom is -0.302 e. The number of nitrogens with zero attached hydrogens (tertiary/aromatic N) is 1. The third kappa shape index (κ3) is 4.85. The van der Waals surface area contributed by atoms with Crippen LogP contribution in [0.15, 0.2) is 0 Å². The van der Waals surface area contributed by atoms with Gasteiger partial charge in [0.1, 0.15) is 0 Å². The second-order valence-electron chi connectivity index (χ2n) is 2.53. The van der Waals surface area contributed by atoms with E-state index in [9.17, 15) is 0 Å². The van der Waals surface area contributed by atoms with E-state index in [2.05, 4.69) is 27.5 Å². The molecule has 0 N–H and O–H groups in total. The lowest BCUT2D eigenvalue weighted by molar-refractivity contribution is 0.312. The Morgan fingerprint density at radius 1 is 1.18 bits per heavy atom. The summed E-state index contributed by atoms with van der Waals surface area (Å²) >= 11 is 2.46. The summed E-state index contributed by atoms with van der Waals surface area (Å²) in [5, 5.41) is 0. The van der Waals surface area contributed by atoms with Crippen molar-refractivity contribution in [2.45, 2.75) is 6.42 Å². The van der Waals surface area contributed by atoms with Crippen molar-refractivity contribution in [1.29, 1.82) is 0 Å².